The highest BCUT2D eigenvalue weighted by Crippen LogP contribution is 2.21. The standard InChI is InChI=1S/C9H18N6O/c1-5-2-3-6(7(10)16)4-15(5)9(13)14-8(11)12/h5-6H,2-4H2,1H3,(H2,10,16)(H5,11,12,13,14). The third-order valence-electron chi connectivity index (χ3n) is 2.81. The van der Waals surface area contributed by atoms with Crippen LogP contribution in [0, 0.1) is 11.3 Å². The van der Waals surface area contributed by atoms with E-state index in [1.807, 2.05) is 6.92 Å². The van der Waals surface area contributed by atoms with E-state index in [1.165, 1.54) is 0 Å². The van der Waals surface area contributed by atoms with Gasteiger partial charge in [-0.1, -0.05) is 0 Å². The van der Waals surface area contributed by atoms with Crippen LogP contribution in [0.3, 0.4) is 0 Å². The highest BCUT2D eigenvalue weighted by molar-refractivity contribution is 5.92. The Morgan fingerprint density at radius 1 is 1.38 bits per heavy atom. The molecule has 0 bridgehead atoms. The Balaban J connectivity index is 2.77. The number of carbonyl (C=O) groups excluding carboxylic acids is 1. The molecule has 0 aromatic carbocycles. The number of hydrogen-bond acceptors (Lipinski definition) is 2. The SMILES string of the molecule is CC1CCC(C(N)=O)CN1/C(N)=N/C(=N)N. The predicted molar refractivity (Wildman–Crippen MR) is 61.6 cm³/mol. The van der Waals surface area contributed by atoms with Crippen molar-refractivity contribution in [2.45, 2.75) is 25.8 Å². The quantitative estimate of drug-likeness (QED) is 0.329. The van der Waals surface area contributed by atoms with Crippen molar-refractivity contribution in [1.29, 1.82) is 5.41 Å². The van der Waals surface area contributed by atoms with Crippen LogP contribution in [-0.2, 0) is 4.79 Å². The minimum absolute atomic E-state index is 0.172. The molecule has 1 aliphatic heterocycles. The van der Waals surface area contributed by atoms with Crippen molar-refractivity contribution >= 4 is 17.8 Å². The molecule has 0 aliphatic carbocycles. The third kappa shape index (κ3) is 2.85. The van der Waals surface area contributed by atoms with E-state index < -0.39 is 0 Å². The molecule has 16 heavy (non-hydrogen) atoms. The normalized spacial score (nSPS) is 26.6. The average Bonchev–Trinajstić information content (AvgIpc) is 2.16. The lowest BCUT2D eigenvalue weighted by molar-refractivity contribution is -0.123. The summed E-state index contributed by atoms with van der Waals surface area (Å²) in [7, 11) is 0. The fraction of sp³-hybridized carbons (Fsp3) is 0.667. The number of amides is 1. The molecule has 1 amide bonds. The second-order valence-corrected chi connectivity index (χ2v) is 4.03. The molecule has 2 unspecified atom stereocenters. The first-order valence-corrected chi connectivity index (χ1v) is 5.16. The molecule has 7 heteroatoms. The molecule has 0 aromatic rings. The Morgan fingerprint density at radius 2 is 2.00 bits per heavy atom. The lowest BCUT2D eigenvalue weighted by Gasteiger charge is -2.37. The largest absolute Gasteiger partial charge is 0.369 e. The summed E-state index contributed by atoms with van der Waals surface area (Å²) < 4.78 is 0. The molecule has 0 spiro atoms. The monoisotopic (exact) mass is 226 g/mol. The van der Waals surface area contributed by atoms with Gasteiger partial charge in [0.15, 0.2) is 5.96 Å². The topological polar surface area (TPSA) is 135 Å². The molecule has 1 aliphatic rings. The summed E-state index contributed by atoms with van der Waals surface area (Å²) in [6, 6.07) is 0.179. The number of nitrogens with two attached hydrogens (primary N) is 3. The van der Waals surface area contributed by atoms with Gasteiger partial charge in [-0.3, -0.25) is 10.2 Å². The first-order chi connectivity index (χ1) is 7.41. The summed E-state index contributed by atoms with van der Waals surface area (Å²) >= 11 is 0. The Kier molecular flexibility index (Phi) is 3.70. The zero-order valence-electron chi connectivity index (χ0n) is 9.31. The fourth-order valence-electron chi connectivity index (χ4n) is 1.85. The van der Waals surface area contributed by atoms with Crippen LogP contribution in [-0.4, -0.2) is 35.3 Å². The van der Waals surface area contributed by atoms with E-state index in [9.17, 15) is 4.79 Å². The van der Waals surface area contributed by atoms with Crippen molar-refractivity contribution in [1.82, 2.24) is 4.90 Å². The number of carbonyl (C=O) groups is 1. The highest BCUT2D eigenvalue weighted by Gasteiger charge is 2.29. The van der Waals surface area contributed by atoms with Gasteiger partial charge in [0.1, 0.15) is 0 Å². The number of likely N-dealkylation sites (tertiary alicyclic amines) is 1. The number of nitrogens with zero attached hydrogens (tertiary/aromatic N) is 2. The smallest absolute Gasteiger partial charge is 0.222 e. The molecule has 0 aromatic heterocycles. The molecular formula is C9H18N6O. The second-order valence-electron chi connectivity index (χ2n) is 4.03. The summed E-state index contributed by atoms with van der Waals surface area (Å²) in [5.41, 5.74) is 16.1. The fourth-order valence-corrected chi connectivity index (χ4v) is 1.85. The van der Waals surface area contributed by atoms with E-state index in [0.717, 1.165) is 12.8 Å². The minimum atomic E-state index is -0.342. The van der Waals surface area contributed by atoms with E-state index >= 15 is 0 Å². The Labute approximate surface area is 94.2 Å². The van der Waals surface area contributed by atoms with Crippen LogP contribution in [0.25, 0.3) is 0 Å². The van der Waals surface area contributed by atoms with Crippen LogP contribution in [0.2, 0.25) is 0 Å². The summed E-state index contributed by atoms with van der Waals surface area (Å²) in [5.74, 6) is -0.707. The molecule has 0 saturated carbocycles. The number of hydrogen-bond donors (Lipinski definition) is 4. The van der Waals surface area contributed by atoms with Crippen molar-refractivity contribution in [2.75, 3.05) is 6.54 Å². The average molecular weight is 226 g/mol. The lowest BCUT2D eigenvalue weighted by Crippen LogP contribution is -2.51. The molecule has 7 nitrogen and oxygen atoms in total. The summed E-state index contributed by atoms with van der Waals surface area (Å²) in [6.07, 6.45) is 1.59. The zero-order valence-corrected chi connectivity index (χ0v) is 9.31. The van der Waals surface area contributed by atoms with Crippen LogP contribution >= 0.6 is 0 Å². The first kappa shape index (κ1) is 12.3. The molecular weight excluding hydrogens is 208 g/mol. The number of aliphatic imine (C=N–C) groups is 1. The van der Waals surface area contributed by atoms with Crippen molar-refractivity contribution in [3.63, 3.8) is 0 Å². The number of guanidine groups is 2. The molecule has 1 fully saturated rings. The number of nitrogens with one attached hydrogen (secondary N) is 1. The zero-order chi connectivity index (χ0) is 12.3. The highest BCUT2D eigenvalue weighted by atomic mass is 16.1. The molecule has 1 saturated heterocycles. The summed E-state index contributed by atoms with van der Waals surface area (Å²) in [5, 5.41) is 7.04. The van der Waals surface area contributed by atoms with Gasteiger partial charge in [-0.2, -0.15) is 4.99 Å². The van der Waals surface area contributed by atoms with Gasteiger partial charge in [0, 0.05) is 12.6 Å². The Morgan fingerprint density at radius 3 is 2.50 bits per heavy atom. The van der Waals surface area contributed by atoms with Gasteiger partial charge >= 0.3 is 0 Å². The maximum absolute atomic E-state index is 11.1. The molecule has 1 rings (SSSR count). The van der Waals surface area contributed by atoms with E-state index in [2.05, 4.69) is 4.99 Å². The van der Waals surface area contributed by atoms with Crippen LogP contribution in [0.15, 0.2) is 4.99 Å². The van der Waals surface area contributed by atoms with Gasteiger partial charge < -0.3 is 22.1 Å². The van der Waals surface area contributed by atoms with Crippen molar-refractivity contribution in [3.05, 3.63) is 0 Å². The lowest BCUT2D eigenvalue weighted by atomic mass is 9.93. The molecule has 2 atom stereocenters. The summed E-state index contributed by atoms with van der Waals surface area (Å²) in [6.45, 7) is 2.43. The number of primary amides is 1. The minimum Gasteiger partial charge on any atom is -0.369 e. The molecule has 90 valence electrons. The first-order valence-electron chi connectivity index (χ1n) is 5.16. The van der Waals surface area contributed by atoms with E-state index in [1.54, 1.807) is 4.90 Å². The molecule has 7 N–H and O–H groups in total. The summed E-state index contributed by atoms with van der Waals surface area (Å²) in [4.78, 5) is 16.5. The van der Waals surface area contributed by atoms with Gasteiger partial charge in [-0.25, -0.2) is 0 Å². The Bertz CT molecular complexity index is 326. The van der Waals surface area contributed by atoms with Gasteiger partial charge in [0.05, 0.1) is 5.92 Å². The predicted octanol–water partition coefficient (Wildman–Crippen LogP) is -1.22. The van der Waals surface area contributed by atoms with E-state index in [4.69, 9.17) is 22.6 Å². The maximum atomic E-state index is 11.1. The maximum Gasteiger partial charge on any atom is 0.222 e. The van der Waals surface area contributed by atoms with Crippen molar-refractivity contribution in [2.24, 2.45) is 28.1 Å². The van der Waals surface area contributed by atoms with Crippen molar-refractivity contribution < 1.29 is 4.79 Å². The second kappa shape index (κ2) is 4.82. The van der Waals surface area contributed by atoms with Gasteiger partial charge in [-0.15, -0.1) is 0 Å². The van der Waals surface area contributed by atoms with E-state index in [0.29, 0.717) is 6.54 Å². The van der Waals surface area contributed by atoms with Crippen LogP contribution in [0.5, 0.6) is 0 Å². The number of piperidine rings is 1. The van der Waals surface area contributed by atoms with Crippen LogP contribution in [0.1, 0.15) is 19.8 Å². The van der Waals surface area contributed by atoms with Gasteiger partial charge in [-0.05, 0) is 19.8 Å². The Hall–Kier alpha value is -1.79. The van der Waals surface area contributed by atoms with E-state index in [-0.39, 0.29) is 29.8 Å². The van der Waals surface area contributed by atoms with Gasteiger partial charge in [0.2, 0.25) is 11.9 Å². The van der Waals surface area contributed by atoms with Crippen LogP contribution in [0.4, 0.5) is 0 Å². The molecule has 1 heterocycles. The molecule has 0 radical (unpaired) electrons. The third-order valence-corrected chi connectivity index (χ3v) is 2.81. The van der Waals surface area contributed by atoms with Crippen molar-refractivity contribution in [3.8, 4) is 0 Å². The van der Waals surface area contributed by atoms with Gasteiger partial charge in [0.25, 0.3) is 0 Å². The number of rotatable bonds is 1. The van der Waals surface area contributed by atoms with Crippen LogP contribution < -0.4 is 17.2 Å².